The van der Waals surface area contributed by atoms with Gasteiger partial charge in [0.05, 0.1) is 6.54 Å². The third kappa shape index (κ3) is 4.08. The number of aromatic amines is 1. The first-order chi connectivity index (χ1) is 9.58. The molecular weight excluding hydrogens is 324 g/mol. The van der Waals surface area contributed by atoms with Crippen LogP contribution in [0.2, 0.25) is 0 Å². The van der Waals surface area contributed by atoms with Gasteiger partial charge in [-0.2, -0.15) is 0 Å². The Morgan fingerprint density at radius 1 is 1.45 bits per heavy atom. The second-order valence-corrected chi connectivity index (χ2v) is 5.84. The summed E-state index contributed by atoms with van der Waals surface area (Å²) in [7, 11) is 1.64. The lowest BCUT2D eigenvalue weighted by Crippen LogP contribution is -2.47. The number of nitrogens with zero attached hydrogens (tertiary/aromatic N) is 1. The molecule has 0 atom stereocenters. The lowest BCUT2D eigenvalue weighted by atomic mass is 10.0. The van der Waals surface area contributed by atoms with Crippen LogP contribution in [0.15, 0.2) is 16.7 Å². The molecule has 2 heterocycles. The highest BCUT2D eigenvalue weighted by Crippen LogP contribution is 2.13. The minimum atomic E-state index is -0.0829. The fourth-order valence-electron chi connectivity index (χ4n) is 2.28. The van der Waals surface area contributed by atoms with Crippen molar-refractivity contribution in [3.05, 3.63) is 22.4 Å². The molecule has 3 N–H and O–H groups in total. The number of amides is 2. The third-order valence-electron chi connectivity index (χ3n) is 3.46. The molecule has 110 valence electrons. The smallest absolute Gasteiger partial charge is 0.267 e. The van der Waals surface area contributed by atoms with Crippen molar-refractivity contribution >= 4 is 27.7 Å². The van der Waals surface area contributed by atoms with Gasteiger partial charge in [-0.3, -0.25) is 14.5 Å². The van der Waals surface area contributed by atoms with E-state index in [1.165, 1.54) is 0 Å². The van der Waals surface area contributed by atoms with Crippen molar-refractivity contribution in [1.29, 1.82) is 0 Å². The largest absolute Gasteiger partial charge is 0.358 e. The highest BCUT2D eigenvalue weighted by Gasteiger charge is 2.22. The van der Waals surface area contributed by atoms with Crippen LogP contribution in [-0.2, 0) is 4.79 Å². The molecule has 0 spiro atoms. The van der Waals surface area contributed by atoms with Crippen LogP contribution >= 0.6 is 15.9 Å². The van der Waals surface area contributed by atoms with Gasteiger partial charge < -0.3 is 15.6 Å². The molecular formula is C13H19BrN4O2. The molecule has 0 bridgehead atoms. The minimum Gasteiger partial charge on any atom is -0.358 e. The summed E-state index contributed by atoms with van der Waals surface area (Å²) >= 11 is 3.31. The van der Waals surface area contributed by atoms with Crippen molar-refractivity contribution in [2.45, 2.75) is 18.9 Å². The first-order valence-corrected chi connectivity index (χ1v) is 7.45. The highest BCUT2D eigenvalue weighted by atomic mass is 79.9. The number of carbonyl (C=O) groups excluding carboxylic acids is 2. The van der Waals surface area contributed by atoms with Gasteiger partial charge in [-0.05, 0) is 34.8 Å². The van der Waals surface area contributed by atoms with Gasteiger partial charge in [0.1, 0.15) is 5.69 Å². The summed E-state index contributed by atoms with van der Waals surface area (Å²) in [5.74, 6) is -0.0517. The predicted octanol–water partition coefficient (Wildman–Crippen LogP) is 0.717. The average molecular weight is 343 g/mol. The van der Waals surface area contributed by atoms with E-state index in [4.69, 9.17) is 0 Å². The number of rotatable bonds is 4. The number of H-pyrrole nitrogens is 1. The molecule has 20 heavy (non-hydrogen) atoms. The maximum atomic E-state index is 12.0. The second-order valence-electron chi connectivity index (χ2n) is 4.93. The number of halogens is 1. The fourth-order valence-corrected chi connectivity index (χ4v) is 2.62. The normalized spacial score (nSPS) is 16.9. The molecule has 2 amide bonds. The van der Waals surface area contributed by atoms with Gasteiger partial charge >= 0.3 is 0 Å². The SMILES string of the molecule is CNC(=O)CN1CCC(NC(=O)c2cc(Br)c[nH]2)CC1. The summed E-state index contributed by atoms with van der Waals surface area (Å²) in [5.41, 5.74) is 0.560. The summed E-state index contributed by atoms with van der Waals surface area (Å²) in [4.78, 5) is 28.3. The van der Waals surface area contributed by atoms with Crippen molar-refractivity contribution in [1.82, 2.24) is 20.5 Å². The van der Waals surface area contributed by atoms with E-state index < -0.39 is 0 Å². The molecule has 1 fully saturated rings. The number of likely N-dealkylation sites (tertiary alicyclic amines) is 1. The summed E-state index contributed by atoms with van der Waals surface area (Å²) in [6.07, 6.45) is 3.47. The fraction of sp³-hybridized carbons (Fsp3) is 0.538. The Bertz CT molecular complexity index is 480. The Balaban J connectivity index is 1.77. The lowest BCUT2D eigenvalue weighted by molar-refractivity contribution is -0.122. The zero-order chi connectivity index (χ0) is 14.5. The van der Waals surface area contributed by atoms with Crippen LogP contribution in [0.3, 0.4) is 0 Å². The van der Waals surface area contributed by atoms with Crippen LogP contribution in [0.4, 0.5) is 0 Å². The van der Waals surface area contributed by atoms with E-state index in [1.54, 1.807) is 19.3 Å². The van der Waals surface area contributed by atoms with Crippen LogP contribution < -0.4 is 10.6 Å². The molecule has 0 unspecified atom stereocenters. The Kier molecular flexibility index (Phi) is 5.19. The van der Waals surface area contributed by atoms with Crippen molar-refractivity contribution in [3.63, 3.8) is 0 Å². The van der Waals surface area contributed by atoms with Gasteiger partial charge in [-0.15, -0.1) is 0 Å². The summed E-state index contributed by atoms with van der Waals surface area (Å²) in [6, 6.07) is 1.93. The van der Waals surface area contributed by atoms with E-state index in [9.17, 15) is 9.59 Å². The number of piperidine rings is 1. The molecule has 0 aromatic carbocycles. The number of nitrogens with one attached hydrogen (secondary N) is 3. The van der Waals surface area contributed by atoms with Crippen LogP contribution in [0.1, 0.15) is 23.3 Å². The molecule has 1 aromatic rings. The van der Waals surface area contributed by atoms with Crippen molar-refractivity contribution in [2.24, 2.45) is 0 Å². The minimum absolute atomic E-state index is 0.0312. The Morgan fingerprint density at radius 2 is 2.15 bits per heavy atom. The van der Waals surface area contributed by atoms with Gasteiger partial charge in [-0.1, -0.05) is 0 Å². The van der Waals surface area contributed by atoms with E-state index in [0.29, 0.717) is 12.2 Å². The van der Waals surface area contributed by atoms with E-state index in [1.807, 2.05) is 0 Å². The summed E-state index contributed by atoms with van der Waals surface area (Å²) in [5, 5.41) is 5.64. The molecule has 1 saturated heterocycles. The van der Waals surface area contributed by atoms with Gasteiger partial charge in [0.25, 0.3) is 5.91 Å². The van der Waals surface area contributed by atoms with Crippen LogP contribution in [0, 0.1) is 0 Å². The topological polar surface area (TPSA) is 77.2 Å². The quantitative estimate of drug-likeness (QED) is 0.754. The third-order valence-corrected chi connectivity index (χ3v) is 3.92. The van der Waals surface area contributed by atoms with Crippen molar-refractivity contribution in [3.8, 4) is 0 Å². The molecule has 7 heteroatoms. The predicted molar refractivity (Wildman–Crippen MR) is 79.5 cm³/mol. The lowest BCUT2D eigenvalue weighted by Gasteiger charge is -2.31. The van der Waals surface area contributed by atoms with E-state index in [2.05, 4.69) is 36.4 Å². The molecule has 1 aliphatic rings. The molecule has 1 aliphatic heterocycles. The maximum Gasteiger partial charge on any atom is 0.267 e. The standard InChI is InChI=1S/C13H19BrN4O2/c1-15-12(19)8-18-4-2-10(3-5-18)17-13(20)11-6-9(14)7-16-11/h6-7,10,16H,2-5,8H2,1H3,(H,15,19)(H,17,20). The number of aromatic nitrogens is 1. The highest BCUT2D eigenvalue weighted by molar-refractivity contribution is 9.10. The molecule has 2 rings (SSSR count). The molecule has 1 aromatic heterocycles. The van der Waals surface area contributed by atoms with Crippen LogP contribution in [0.25, 0.3) is 0 Å². The van der Waals surface area contributed by atoms with E-state index in [0.717, 1.165) is 30.4 Å². The summed E-state index contributed by atoms with van der Waals surface area (Å²) < 4.78 is 0.864. The molecule has 0 saturated carbocycles. The first kappa shape index (κ1) is 15.1. The van der Waals surface area contributed by atoms with Crippen LogP contribution in [-0.4, -0.2) is 54.4 Å². The van der Waals surface area contributed by atoms with Crippen molar-refractivity contribution in [2.75, 3.05) is 26.7 Å². The van der Waals surface area contributed by atoms with E-state index in [-0.39, 0.29) is 17.9 Å². The molecule has 0 aliphatic carbocycles. The molecule has 6 nitrogen and oxygen atoms in total. The zero-order valence-electron chi connectivity index (χ0n) is 11.4. The Morgan fingerprint density at radius 3 is 2.70 bits per heavy atom. The number of likely N-dealkylation sites (N-methyl/N-ethyl adjacent to an activating group) is 1. The van der Waals surface area contributed by atoms with Crippen LogP contribution in [0.5, 0.6) is 0 Å². The zero-order valence-corrected chi connectivity index (χ0v) is 13.0. The molecule has 0 radical (unpaired) electrons. The maximum absolute atomic E-state index is 12.0. The van der Waals surface area contributed by atoms with Gasteiger partial charge in [0.2, 0.25) is 5.91 Å². The average Bonchev–Trinajstić information content (AvgIpc) is 2.87. The first-order valence-electron chi connectivity index (χ1n) is 6.66. The van der Waals surface area contributed by atoms with Gasteiger partial charge in [0, 0.05) is 36.8 Å². The van der Waals surface area contributed by atoms with E-state index >= 15 is 0 Å². The monoisotopic (exact) mass is 342 g/mol. The van der Waals surface area contributed by atoms with Crippen molar-refractivity contribution < 1.29 is 9.59 Å². The number of hydrogen-bond donors (Lipinski definition) is 3. The number of carbonyl (C=O) groups is 2. The Labute approximate surface area is 126 Å². The second kappa shape index (κ2) is 6.90. The van der Waals surface area contributed by atoms with Gasteiger partial charge in [-0.25, -0.2) is 0 Å². The number of hydrogen-bond acceptors (Lipinski definition) is 3. The Hall–Kier alpha value is -1.34. The summed E-state index contributed by atoms with van der Waals surface area (Å²) in [6.45, 7) is 2.08. The van der Waals surface area contributed by atoms with Gasteiger partial charge in [0.15, 0.2) is 0 Å².